The van der Waals surface area contributed by atoms with Crippen LogP contribution in [-0.4, -0.2) is 9.55 Å². The first-order valence-corrected chi connectivity index (χ1v) is 4.23. The average Bonchev–Trinajstić information content (AvgIpc) is 2.09. The summed E-state index contributed by atoms with van der Waals surface area (Å²) in [6, 6.07) is 0. The van der Waals surface area contributed by atoms with Crippen molar-refractivity contribution in [3.05, 3.63) is 38.7 Å². The zero-order chi connectivity index (χ0) is 10.7. The highest BCUT2D eigenvalue weighted by atomic mass is 16.2. The number of aromatic amines is 1. The Labute approximate surface area is 80.9 Å². The van der Waals surface area contributed by atoms with Gasteiger partial charge in [0.15, 0.2) is 0 Å². The Morgan fingerprint density at radius 2 is 2.21 bits per heavy atom. The monoisotopic (exact) mass is 195 g/mol. The summed E-state index contributed by atoms with van der Waals surface area (Å²) >= 11 is 0. The lowest BCUT2D eigenvalue weighted by atomic mass is 10.3. The lowest BCUT2D eigenvalue weighted by molar-refractivity contribution is 0.735. The van der Waals surface area contributed by atoms with E-state index in [1.54, 1.807) is 0 Å². The number of allylic oxidation sites excluding steroid dienone is 2. The van der Waals surface area contributed by atoms with E-state index in [1.165, 1.54) is 10.8 Å². The van der Waals surface area contributed by atoms with Crippen molar-refractivity contribution in [1.82, 2.24) is 9.55 Å². The van der Waals surface area contributed by atoms with Gasteiger partial charge in [-0.2, -0.15) is 0 Å². The van der Waals surface area contributed by atoms with Crippen LogP contribution in [0.2, 0.25) is 0 Å². The van der Waals surface area contributed by atoms with Crippen LogP contribution in [0.25, 0.3) is 0 Å². The molecule has 5 heteroatoms. The van der Waals surface area contributed by atoms with E-state index >= 15 is 0 Å². The molecular formula is C9H13N3O2. The maximum Gasteiger partial charge on any atom is 0.328 e. The molecule has 3 N–H and O–H groups in total. The molecular weight excluding hydrogens is 182 g/mol. The molecule has 0 aliphatic rings. The molecule has 0 aromatic carbocycles. The van der Waals surface area contributed by atoms with Gasteiger partial charge in [0.25, 0.3) is 5.56 Å². The van der Waals surface area contributed by atoms with Gasteiger partial charge in [0.1, 0.15) is 5.69 Å². The fourth-order valence-electron chi connectivity index (χ4n) is 0.943. The van der Waals surface area contributed by atoms with E-state index in [1.807, 2.05) is 19.9 Å². The van der Waals surface area contributed by atoms with E-state index in [0.717, 1.165) is 5.57 Å². The predicted molar refractivity (Wildman–Crippen MR) is 55.2 cm³/mol. The van der Waals surface area contributed by atoms with Crippen LogP contribution in [0.5, 0.6) is 0 Å². The molecule has 1 aromatic rings. The minimum atomic E-state index is -0.538. The molecule has 0 radical (unpaired) electrons. The summed E-state index contributed by atoms with van der Waals surface area (Å²) in [6.45, 7) is 4.28. The van der Waals surface area contributed by atoms with Crippen molar-refractivity contribution in [3.8, 4) is 0 Å². The molecule has 0 atom stereocenters. The molecule has 0 saturated heterocycles. The minimum absolute atomic E-state index is 0.0479. The number of H-pyrrole nitrogens is 1. The lowest BCUT2D eigenvalue weighted by Crippen LogP contribution is -2.30. The highest BCUT2D eigenvalue weighted by Gasteiger charge is 1.98. The molecule has 0 amide bonds. The normalized spacial score (nSPS) is 9.86. The Bertz CT molecular complexity index is 464. The molecule has 0 spiro atoms. The second kappa shape index (κ2) is 3.95. The maximum atomic E-state index is 11.2. The van der Waals surface area contributed by atoms with E-state index in [4.69, 9.17) is 5.73 Å². The number of hydrogen-bond donors (Lipinski definition) is 2. The van der Waals surface area contributed by atoms with E-state index in [-0.39, 0.29) is 5.69 Å². The Hall–Kier alpha value is -1.78. The molecule has 14 heavy (non-hydrogen) atoms. The summed E-state index contributed by atoms with van der Waals surface area (Å²) < 4.78 is 1.35. The van der Waals surface area contributed by atoms with Crippen molar-refractivity contribution in [2.75, 3.05) is 5.73 Å². The summed E-state index contributed by atoms with van der Waals surface area (Å²) in [5.74, 6) is 0. The van der Waals surface area contributed by atoms with E-state index in [0.29, 0.717) is 6.54 Å². The van der Waals surface area contributed by atoms with Crippen LogP contribution in [-0.2, 0) is 6.54 Å². The van der Waals surface area contributed by atoms with Gasteiger partial charge in [-0.1, -0.05) is 11.6 Å². The van der Waals surface area contributed by atoms with Gasteiger partial charge in [0.05, 0.1) is 0 Å². The first kappa shape index (κ1) is 10.3. The Kier molecular flexibility index (Phi) is 2.91. The largest absolute Gasteiger partial charge is 0.393 e. The smallest absolute Gasteiger partial charge is 0.328 e. The first-order valence-electron chi connectivity index (χ1n) is 4.23. The molecule has 5 nitrogen and oxygen atoms in total. The summed E-state index contributed by atoms with van der Waals surface area (Å²) in [4.78, 5) is 24.3. The molecule has 0 bridgehead atoms. The maximum absolute atomic E-state index is 11.2. The highest BCUT2D eigenvalue weighted by molar-refractivity contribution is 5.30. The van der Waals surface area contributed by atoms with Gasteiger partial charge in [0.2, 0.25) is 0 Å². The zero-order valence-electron chi connectivity index (χ0n) is 8.20. The number of rotatable bonds is 2. The Morgan fingerprint density at radius 1 is 1.57 bits per heavy atom. The van der Waals surface area contributed by atoms with Gasteiger partial charge >= 0.3 is 5.69 Å². The third-order valence-corrected chi connectivity index (χ3v) is 1.73. The quantitative estimate of drug-likeness (QED) is 0.656. The number of nitrogen functional groups attached to an aromatic ring is 1. The van der Waals surface area contributed by atoms with Crippen LogP contribution in [0.1, 0.15) is 13.8 Å². The van der Waals surface area contributed by atoms with E-state index in [2.05, 4.69) is 4.98 Å². The standard InChI is InChI=1S/C9H13N3O2/c1-6(2)3-4-12-5-7(10)8(13)11-9(12)14/h3,5H,4,10H2,1-2H3,(H,11,13,14). The SMILES string of the molecule is CC(C)=CCn1cc(N)c(=O)[nH]c1=O. The van der Waals surface area contributed by atoms with Gasteiger partial charge in [-0.05, 0) is 13.8 Å². The molecule has 76 valence electrons. The van der Waals surface area contributed by atoms with Crippen molar-refractivity contribution in [1.29, 1.82) is 0 Å². The molecule has 0 unspecified atom stereocenters. The summed E-state index contributed by atoms with van der Waals surface area (Å²) in [5.41, 5.74) is 5.54. The summed E-state index contributed by atoms with van der Waals surface area (Å²) in [6.07, 6.45) is 3.22. The second-order valence-electron chi connectivity index (χ2n) is 3.28. The van der Waals surface area contributed by atoms with Gasteiger partial charge in [-0.15, -0.1) is 0 Å². The number of hydrogen-bond acceptors (Lipinski definition) is 3. The van der Waals surface area contributed by atoms with Crippen molar-refractivity contribution < 1.29 is 0 Å². The summed E-state index contributed by atoms with van der Waals surface area (Å²) in [7, 11) is 0. The Morgan fingerprint density at radius 3 is 2.79 bits per heavy atom. The van der Waals surface area contributed by atoms with E-state index in [9.17, 15) is 9.59 Å². The molecule has 0 saturated carbocycles. The number of anilines is 1. The number of aromatic nitrogens is 2. The number of nitrogens with zero attached hydrogens (tertiary/aromatic N) is 1. The first-order chi connectivity index (χ1) is 6.50. The van der Waals surface area contributed by atoms with Crippen molar-refractivity contribution >= 4 is 5.69 Å². The van der Waals surface area contributed by atoms with Crippen molar-refractivity contribution in [2.24, 2.45) is 0 Å². The Balaban J connectivity index is 3.11. The molecule has 0 aliphatic carbocycles. The van der Waals surface area contributed by atoms with Crippen LogP contribution in [0.15, 0.2) is 27.4 Å². The van der Waals surface area contributed by atoms with Crippen LogP contribution < -0.4 is 17.0 Å². The fraction of sp³-hybridized carbons (Fsp3) is 0.333. The van der Waals surface area contributed by atoms with Gasteiger partial charge in [-0.25, -0.2) is 4.79 Å². The molecule has 0 aliphatic heterocycles. The van der Waals surface area contributed by atoms with Gasteiger partial charge in [0, 0.05) is 12.7 Å². The van der Waals surface area contributed by atoms with Gasteiger partial charge in [-0.3, -0.25) is 14.3 Å². The molecule has 1 heterocycles. The molecule has 1 aromatic heterocycles. The average molecular weight is 195 g/mol. The number of nitrogens with two attached hydrogens (primary N) is 1. The van der Waals surface area contributed by atoms with Crippen LogP contribution in [0, 0.1) is 0 Å². The number of nitrogens with one attached hydrogen (secondary N) is 1. The second-order valence-corrected chi connectivity index (χ2v) is 3.28. The van der Waals surface area contributed by atoms with Crippen LogP contribution in [0.4, 0.5) is 5.69 Å². The highest BCUT2D eigenvalue weighted by Crippen LogP contribution is 1.92. The third kappa shape index (κ3) is 2.35. The van der Waals surface area contributed by atoms with Crippen molar-refractivity contribution in [3.63, 3.8) is 0 Å². The molecule has 0 fully saturated rings. The molecule has 1 rings (SSSR count). The minimum Gasteiger partial charge on any atom is -0.393 e. The van der Waals surface area contributed by atoms with Crippen LogP contribution in [0.3, 0.4) is 0 Å². The lowest BCUT2D eigenvalue weighted by Gasteiger charge is -2.01. The van der Waals surface area contributed by atoms with Crippen molar-refractivity contribution in [2.45, 2.75) is 20.4 Å². The zero-order valence-corrected chi connectivity index (χ0v) is 8.20. The fourth-order valence-corrected chi connectivity index (χ4v) is 0.943. The summed E-state index contributed by atoms with van der Waals surface area (Å²) in [5, 5.41) is 0. The predicted octanol–water partition coefficient (Wildman–Crippen LogP) is 0.0850. The third-order valence-electron chi connectivity index (χ3n) is 1.73. The van der Waals surface area contributed by atoms with Crippen LogP contribution >= 0.6 is 0 Å². The van der Waals surface area contributed by atoms with E-state index < -0.39 is 11.2 Å². The topological polar surface area (TPSA) is 80.9 Å². The van der Waals surface area contributed by atoms with Gasteiger partial charge < -0.3 is 5.73 Å².